The number of anilines is 1. The van der Waals surface area contributed by atoms with Crippen molar-refractivity contribution in [2.45, 2.75) is 37.5 Å². The molecule has 0 unspecified atom stereocenters. The minimum Gasteiger partial charge on any atom is -0.322 e. The topological polar surface area (TPSA) is 66.5 Å². The molecule has 5 nitrogen and oxygen atoms in total. The van der Waals surface area contributed by atoms with E-state index in [1.165, 1.54) is 6.07 Å². The Morgan fingerprint density at radius 3 is 2.41 bits per heavy atom. The molecule has 1 aliphatic rings. The van der Waals surface area contributed by atoms with Crippen molar-refractivity contribution in [2.24, 2.45) is 0 Å². The Kier molecular flexibility index (Phi) is 6.34. The number of halogens is 1. The smallest absolute Gasteiger partial charge is 0.255 e. The quantitative estimate of drug-likeness (QED) is 0.741. The minimum atomic E-state index is -3.59. The van der Waals surface area contributed by atoms with E-state index in [4.69, 9.17) is 0 Å². The predicted molar refractivity (Wildman–Crippen MR) is 111 cm³/mol. The van der Waals surface area contributed by atoms with Gasteiger partial charge in [-0.05, 0) is 55.7 Å². The number of sulfonamides is 1. The lowest BCUT2D eigenvalue weighted by atomic mass is 10.1. The first-order valence-electron chi connectivity index (χ1n) is 9.05. The summed E-state index contributed by atoms with van der Waals surface area (Å²) in [4.78, 5) is 12.9. The summed E-state index contributed by atoms with van der Waals surface area (Å²) in [5, 5.41) is 2.83. The van der Waals surface area contributed by atoms with E-state index < -0.39 is 10.0 Å². The molecule has 1 N–H and O–H groups in total. The third kappa shape index (κ3) is 4.78. The summed E-state index contributed by atoms with van der Waals surface area (Å²) in [6.45, 7) is 2.88. The SMILES string of the molecule is Cc1ccc(S(=O)(=O)N2CCCCCC2)cc1C(=O)Nc1cccc(Br)c1. The van der Waals surface area contributed by atoms with Crippen molar-refractivity contribution in [3.8, 4) is 0 Å². The first-order valence-corrected chi connectivity index (χ1v) is 11.3. The fraction of sp³-hybridized carbons (Fsp3) is 0.350. The van der Waals surface area contributed by atoms with Gasteiger partial charge in [-0.2, -0.15) is 4.31 Å². The van der Waals surface area contributed by atoms with Gasteiger partial charge < -0.3 is 5.32 Å². The molecule has 1 saturated heterocycles. The molecule has 2 aromatic rings. The molecule has 3 rings (SSSR count). The maximum Gasteiger partial charge on any atom is 0.255 e. The zero-order chi connectivity index (χ0) is 19.4. The second-order valence-electron chi connectivity index (χ2n) is 6.76. The van der Waals surface area contributed by atoms with Crippen LogP contribution in [0.3, 0.4) is 0 Å². The Morgan fingerprint density at radius 1 is 1.04 bits per heavy atom. The van der Waals surface area contributed by atoms with Gasteiger partial charge in [0.15, 0.2) is 0 Å². The van der Waals surface area contributed by atoms with Crippen molar-refractivity contribution in [1.82, 2.24) is 4.31 Å². The number of hydrogen-bond acceptors (Lipinski definition) is 3. The van der Waals surface area contributed by atoms with E-state index >= 15 is 0 Å². The monoisotopic (exact) mass is 450 g/mol. The van der Waals surface area contributed by atoms with E-state index in [1.807, 2.05) is 12.1 Å². The zero-order valence-corrected chi connectivity index (χ0v) is 17.6. The van der Waals surface area contributed by atoms with E-state index in [-0.39, 0.29) is 10.8 Å². The fourth-order valence-electron chi connectivity index (χ4n) is 3.20. The van der Waals surface area contributed by atoms with Crippen molar-refractivity contribution in [3.05, 3.63) is 58.1 Å². The molecule has 1 aliphatic heterocycles. The van der Waals surface area contributed by atoms with E-state index in [9.17, 15) is 13.2 Å². The number of nitrogens with zero attached hydrogens (tertiary/aromatic N) is 1. The highest BCUT2D eigenvalue weighted by Crippen LogP contribution is 2.24. The lowest BCUT2D eigenvalue weighted by molar-refractivity contribution is 0.102. The third-order valence-electron chi connectivity index (χ3n) is 4.74. The van der Waals surface area contributed by atoms with Crippen molar-refractivity contribution in [1.29, 1.82) is 0 Å². The molecule has 1 heterocycles. The summed E-state index contributed by atoms with van der Waals surface area (Å²) in [5.74, 6) is -0.321. The highest BCUT2D eigenvalue weighted by atomic mass is 79.9. The van der Waals surface area contributed by atoms with Gasteiger partial charge in [0.25, 0.3) is 5.91 Å². The van der Waals surface area contributed by atoms with Crippen LogP contribution in [0, 0.1) is 6.92 Å². The van der Waals surface area contributed by atoms with Crippen LogP contribution in [0.2, 0.25) is 0 Å². The summed E-state index contributed by atoms with van der Waals surface area (Å²) in [6, 6.07) is 12.1. The number of aryl methyl sites for hydroxylation is 1. The summed E-state index contributed by atoms with van der Waals surface area (Å²) in [6.07, 6.45) is 3.86. The van der Waals surface area contributed by atoms with Gasteiger partial charge in [0.2, 0.25) is 10.0 Å². The molecule has 2 aromatic carbocycles. The fourth-order valence-corrected chi connectivity index (χ4v) is 5.15. The van der Waals surface area contributed by atoms with Crippen molar-refractivity contribution in [2.75, 3.05) is 18.4 Å². The zero-order valence-electron chi connectivity index (χ0n) is 15.2. The maximum atomic E-state index is 13.0. The molecular weight excluding hydrogens is 428 g/mol. The molecule has 144 valence electrons. The van der Waals surface area contributed by atoms with Gasteiger partial charge in [-0.15, -0.1) is 0 Å². The number of benzene rings is 2. The van der Waals surface area contributed by atoms with E-state index in [0.29, 0.717) is 24.3 Å². The standard InChI is InChI=1S/C20H23BrN2O3S/c1-15-9-10-18(27(25,26)23-11-4-2-3-5-12-23)14-19(15)20(24)22-17-8-6-7-16(21)13-17/h6-10,13-14H,2-5,11-12H2,1H3,(H,22,24). The molecule has 0 bridgehead atoms. The number of carbonyl (C=O) groups is 1. The van der Waals surface area contributed by atoms with Crippen LogP contribution in [0.15, 0.2) is 51.8 Å². The summed E-state index contributed by atoms with van der Waals surface area (Å²) < 4.78 is 28.4. The molecule has 0 spiro atoms. The lowest BCUT2D eigenvalue weighted by Gasteiger charge is -2.20. The molecule has 0 saturated carbocycles. The minimum absolute atomic E-state index is 0.175. The Bertz CT molecular complexity index is 936. The van der Waals surface area contributed by atoms with Gasteiger partial charge in [-0.1, -0.05) is 40.9 Å². The van der Waals surface area contributed by atoms with Gasteiger partial charge in [-0.25, -0.2) is 8.42 Å². The van der Waals surface area contributed by atoms with Crippen LogP contribution in [-0.2, 0) is 10.0 Å². The van der Waals surface area contributed by atoms with Crippen LogP contribution < -0.4 is 5.32 Å². The molecule has 0 radical (unpaired) electrons. The van der Waals surface area contributed by atoms with Crippen LogP contribution in [-0.4, -0.2) is 31.7 Å². The van der Waals surface area contributed by atoms with Crippen LogP contribution in [0.25, 0.3) is 0 Å². The van der Waals surface area contributed by atoms with Crippen molar-refractivity contribution >= 4 is 37.5 Å². The maximum absolute atomic E-state index is 13.0. The first kappa shape index (κ1) is 20.0. The number of rotatable bonds is 4. The average molecular weight is 451 g/mol. The molecule has 7 heteroatoms. The van der Waals surface area contributed by atoms with Crippen LogP contribution in [0.5, 0.6) is 0 Å². The number of carbonyl (C=O) groups excluding carboxylic acids is 1. The second kappa shape index (κ2) is 8.54. The normalized spacial score (nSPS) is 15.9. The molecule has 1 fully saturated rings. The predicted octanol–water partition coefficient (Wildman–Crippen LogP) is 4.57. The van der Waals surface area contributed by atoms with Gasteiger partial charge in [-0.3, -0.25) is 4.79 Å². The molecule has 1 amide bonds. The molecule has 0 atom stereocenters. The molecule has 0 aliphatic carbocycles. The third-order valence-corrected chi connectivity index (χ3v) is 7.13. The molecule has 0 aromatic heterocycles. The summed E-state index contributed by atoms with van der Waals surface area (Å²) in [7, 11) is -3.59. The largest absolute Gasteiger partial charge is 0.322 e. The highest BCUT2D eigenvalue weighted by Gasteiger charge is 2.26. The second-order valence-corrected chi connectivity index (χ2v) is 9.61. The average Bonchev–Trinajstić information content (AvgIpc) is 2.92. The van der Waals surface area contributed by atoms with E-state index in [2.05, 4.69) is 21.2 Å². The van der Waals surface area contributed by atoms with E-state index in [0.717, 1.165) is 35.7 Å². The van der Waals surface area contributed by atoms with Gasteiger partial charge >= 0.3 is 0 Å². The lowest BCUT2D eigenvalue weighted by Crippen LogP contribution is -2.32. The summed E-state index contributed by atoms with van der Waals surface area (Å²) >= 11 is 3.37. The number of hydrogen-bond donors (Lipinski definition) is 1. The molecular formula is C20H23BrN2O3S. The summed E-state index contributed by atoms with van der Waals surface area (Å²) in [5.41, 5.74) is 1.75. The van der Waals surface area contributed by atoms with E-state index in [1.54, 1.807) is 35.5 Å². The first-order chi connectivity index (χ1) is 12.9. The number of nitrogens with one attached hydrogen (secondary N) is 1. The van der Waals surface area contributed by atoms with Gasteiger partial charge in [0.05, 0.1) is 4.90 Å². The van der Waals surface area contributed by atoms with Crippen molar-refractivity contribution < 1.29 is 13.2 Å². The Labute approximate surface area is 169 Å². The van der Waals surface area contributed by atoms with Gasteiger partial charge in [0, 0.05) is 28.8 Å². The highest BCUT2D eigenvalue weighted by molar-refractivity contribution is 9.10. The Hall–Kier alpha value is -1.70. The van der Waals surface area contributed by atoms with Crippen molar-refractivity contribution in [3.63, 3.8) is 0 Å². The van der Waals surface area contributed by atoms with Crippen LogP contribution in [0.1, 0.15) is 41.6 Å². The van der Waals surface area contributed by atoms with Gasteiger partial charge in [0.1, 0.15) is 0 Å². The van der Waals surface area contributed by atoms with Crippen LogP contribution >= 0.6 is 15.9 Å². The molecule has 27 heavy (non-hydrogen) atoms. The number of amides is 1. The Balaban J connectivity index is 1.88. The Morgan fingerprint density at radius 2 is 1.74 bits per heavy atom. The van der Waals surface area contributed by atoms with Crippen LogP contribution in [0.4, 0.5) is 5.69 Å².